The molecule has 2 aromatic carbocycles. The zero-order chi connectivity index (χ0) is 17.1. The number of fused-ring (bicyclic) bond motifs is 1. The normalized spacial score (nSPS) is 11.0. The van der Waals surface area contributed by atoms with Gasteiger partial charge in [0.05, 0.1) is 17.8 Å². The molecule has 1 N–H and O–H groups in total. The molecule has 3 aromatic rings. The van der Waals surface area contributed by atoms with E-state index < -0.39 is 0 Å². The van der Waals surface area contributed by atoms with E-state index >= 15 is 0 Å². The average molecular weight is 321 g/mol. The third kappa shape index (κ3) is 3.18. The first-order chi connectivity index (χ1) is 11.6. The Hall–Kier alpha value is -2.62. The van der Waals surface area contributed by atoms with Crippen LogP contribution in [0.2, 0.25) is 0 Å². The fraction of sp³-hybridized carbons (Fsp3) is 0.300. The number of amides is 1. The minimum Gasteiger partial charge on any atom is -0.346 e. The third-order valence-electron chi connectivity index (χ3n) is 4.22. The number of aryl methyl sites for hydroxylation is 3. The van der Waals surface area contributed by atoms with Crippen molar-refractivity contribution in [2.24, 2.45) is 0 Å². The molecule has 3 rings (SSSR count). The molecule has 0 aliphatic rings. The lowest BCUT2D eigenvalue weighted by Gasteiger charge is -2.08. The van der Waals surface area contributed by atoms with Crippen molar-refractivity contribution in [1.29, 1.82) is 0 Å². The third-order valence-corrected chi connectivity index (χ3v) is 4.22. The Morgan fingerprint density at radius 1 is 1.17 bits per heavy atom. The van der Waals surface area contributed by atoms with Crippen molar-refractivity contribution < 1.29 is 4.79 Å². The predicted molar refractivity (Wildman–Crippen MR) is 97.1 cm³/mol. The van der Waals surface area contributed by atoms with Crippen LogP contribution in [0.25, 0.3) is 10.9 Å². The summed E-state index contributed by atoms with van der Waals surface area (Å²) in [4.78, 5) is 12.5. The molecule has 0 bridgehead atoms. The second kappa shape index (κ2) is 6.87. The van der Waals surface area contributed by atoms with Gasteiger partial charge in [-0.25, -0.2) is 0 Å². The van der Waals surface area contributed by atoms with Crippen LogP contribution in [0.5, 0.6) is 0 Å². The maximum atomic E-state index is 12.5. The second-order valence-corrected chi connectivity index (χ2v) is 6.19. The number of nitrogens with one attached hydrogen (secondary N) is 1. The van der Waals surface area contributed by atoms with Gasteiger partial charge in [0.25, 0.3) is 5.91 Å². The Bertz CT molecular complexity index is 880. The number of hydrogen-bond acceptors (Lipinski definition) is 2. The molecule has 24 heavy (non-hydrogen) atoms. The molecular formula is C20H23N3O. The van der Waals surface area contributed by atoms with E-state index in [0.29, 0.717) is 6.54 Å². The molecule has 0 unspecified atom stereocenters. The van der Waals surface area contributed by atoms with Crippen LogP contribution in [0, 0.1) is 13.8 Å². The van der Waals surface area contributed by atoms with Gasteiger partial charge in [0, 0.05) is 17.5 Å². The van der Waals surface area contributed by atoms with E-state index in [-0.39, 0.29) is 5.91 Å². The van der Waals surface area contributed by atoms with Crippen molar-refractivity contribution in [2.45, 2.75) is 40.3 Å². The van der Waals surface area contributed by atoms with Crippen molar-refractivity contribution in [3.63, 3.8) is 0 Å². The summed E-state index contributed by atoms with van der Waals surface area (Å²) < 4.78 is 2.02. The lowest BCUT2D eigenvalue weighted by molar-refractivity contribution is 0.0950. The van der Waals surface area contributed by atoms with E-state index in [1.165, 1.54) is 0 Å². The second-order valence-electron chi connectivity index (χ2n) is 6.19. The molecule has 0 atom stereocenters. The largest absolute Gasteiger partial charge is 0.346 e. The molecular weight excluding hydrogens is 298 g/mol. The van der Waals surface area contributed by atoms with Crippen LogP contribution in [-0.2, 0) is 13.1 Å². The molecule has 124 valence electrons. The smallest absolute Gasteiger partial charge is 0.251 e. The topological polar surface area (TPSA) is 46.9 Å². The lowest BCUT2D eigenvalue weighted by atomic mass is 10.1. The summed E-state index contributed by atoms with van der Waals surface area (Å²) in [5.74, 6) is -0.0506. The molecule has 0 aliphatic heterocycles. The van der Waals surface area contributed by atoms with Crippen LogP contribution >= 0.6 is 0 Å². The highest BCUT2D eigenvalue weighted by atomic mass is 16.1. The monoisotopic (exact) mass is 321 g/mol. The number of carbonyl (C=O) groups is 1. The molecule has 0 radical (unpaired) electrons. The maximum absolute atomic E-state index is 12.5. The van der Waals surface area contributed by atoms with Gasteiger partial charge in [0.2, 0.25) is 0 Å². The van der Waals surface area contributed by atoms with Crippen LogP contribution in [0.1, 0.15) is 40.5 Å². The molecule has 1 amide bonds. The minimum atomic E-state index is -0.0506. The number of para-hydroxylation sites is 1. The van der Waals surface area contributed by atoms with Crippen molar-refractivity contribution >= 4 is 16.8 Å². The Labute approximate surface area is 142 Å². The number of rotatable bonds is 5. The van der Waals surface area contributed by atoms with Crippen LogP contribution < -0.4 is 5.32 Å². The van der Waals surface area contributed by atoms with E-state index in [1.54, 1.807) is 0 Å². The van der Waals surface area contributed by atoms with Crippen molar-refractivity contribution in [1.82, 2.24) is 15.1 Å². The number of benzene rings is 2. The van der Waals surface area contributed by atoms with Gasteiger partial charge in [-0.1, -0.05) is 42.8 Å². The number of hydrogen-bond donors (Lipinski definition) is 1. The van der Waals surface area contributed by atoms with Crippen LogP contribution in [0.4, 0.5) is 0 Å². The summed E-state index contributed by atoms with van der Waals surface area (Å²) in [6.07, 6.45) is 1.03. The molecule has 4 heteroatoms. The molecule has 1 aromatic heterocycles. The highest BCUT2D eigenvalue weighted by molar-refractivity contribution is 5.96. The first-order valence-corrected chi connectivity index (χ1v) is 8.40. The van der Waals surface area contributed by atoms with Crippen LogP contribution in [-0.4, -0.2) is 15.7 Å². The van der Waals surface area contributed by atoms with Crippen LogP contribution in [0.3, 0.4) is 0 Å². The molecule has 1 heterocycles. The van der Waals surface area contributed by atoms with E-state index in [0.717, 1.165) is 46.3 Å². The van der Waals surface area contributed by atoms with Gasteiger partial charge in [0.1, 0.15) is 0 Å². The SMILES string of the molecule is CCCn1nc(CNC(=O)c2cc(C)ccc2C)c2ccccc21. The summed E-state index contributed by atoms with van der Waals surface area (Å²) >= 11 is 0. The average Bonchev–Trinajstić information content (AvgIpc) is 2.93. The molecule has 0 aliphatic carbocycles. The van der Waals surface area contributed by atoms with E-state index in [4.69, 9.17) is 0 Å². The molecule has 4 nitrogen and oxygen atoms in total. The van der Waals surface area contributed by atoms with Gasteiger partial charge in [-0.3, -0.25) is 9.48 Å². The van der Waals surface area contributed by atoms with Crippen molar-refractivity contribution in [3.05, 3.63) is 64.8 Å². The maximum Gasteiger partial charge on any atom is 0.251 e. The fourth-order valence-corrected chi connectivity index (χ4v) is 2.95. The van der Waals surface area contributed by atoms with Gasteiger partial charge >= 0.3 is 0 Å². The standard InChI is InChI=1S/C20H23N3O/c1-4-11-23-19-8-6-5-7-16(19)18(22-23)13-21-20(24)17-12-14(2)9-10-15(17)3/h5-10,12H,4,11,13H2,1-3H3,(H,21,24). The van der Waals surface area contributed by atoms with Gasteiger partial charge in [-0.15, -0.1) is 0 Å². The van der Waals surface area contributed by atoms with Gasteiger partial charge in [0.15, 0.2) is 0 Å². The number of carbonyl (C=O) groups excluding carboxylic acids is 1. The minimum absolute atomic E-state index is 0.0506. The highest BCUT2D eigenvalue weighted by Crippen LogP contribution is 2.19. The quantitative estimate of drug-likeness (QED) is 0.772. The van der Waals surface area contributed by atoms with Crippen molar-refractivity contribution in [3.8, 4) is 0 Å². The Kier molecular flexibility index (Phi) is 4.65. The molecule has 0 fully saturated rings. The zero-order valence-electron chi connectivity index (χ0n) is 14.5. The number of aromatic nitrogens is 2. The summed E-state index contributed by atoms with van der Waals surface area (Å²) in [6.45, 7) is 7.41. The summed E-state index contributed by atoms with van der Waals surface area (Å²) in [6, 6.07) is 14.1. The van der Waals surface area contributed by atoms with Crippen molar-refractivity contribution in [2.75, 3.05) is 0 Å². The molecule has 0 saturated heterocycles. The Balaban J connectivity index is 1.83. The fourth-order valence-electron chi connectivity index (χ4n) is 2.95. The molecule has 0 saturated carbocycles. The summed E-state index contributed by atoms with van der Waals surface area (Å²) in [5, 5.41) is 8.81. The predicted octanol–water partition coefficient (Wildman–Crippen LogP) is 3.99. The molecule has 0 spiro atoms. The van der Waals surface area contributed by atoms with E-state index in [2.05, 4.69) is 29.5 Å². The van der Waals surface area contributed by atoms with Gasteiger partial charge in [-0.2, -0.15) is 5.10 Å². The zero-order valence-corrected chi connectivity index (χ0v) is 14.5. The Morgan fingerprint density at radius 2 is 1.96 bits per heavy atom. The number of nitrogens with zero attached hydrogens (tertiary/aromatic N) is 2. The van der Waals surface area contributed by atoms with Crippen LogP contribution in [0.15, 0.2) is 42.5 Å². The first kappa shape index (κ1) is 16.2. The van der Waals surface area contributed by atoms with E-state index in [1.807, 2.05) is 48.9 Å². The lowest BCUT2D eigenvalue weighted by Crippen LogP contribution is -2.24. The summed E-state index contributed by atoms with van der Waals surface area (Å²) in [5.41, 5.74) is 4.84. The summed E-state index contributed by atoms with van der Waals surface area (Å²) in [7, 11) is 0. The van der Waals surface area contributed by atoms with Gasteiger partial charge < -0.3 is 5.32 Å². The van der Waals surface area contributed by atoms with Gasteiger partial charge in [-0.05, 0) is 38.0 Å². The first-order valence-electron chi connectivity index (χ1n) is 8.40. The highest BCUT2D eigenvalue weighted by Gasteiger charge is 2.13. The van der Waals surface area contributed by atoms with E-state index in [9.17, 15) is 4.79 Å². The Morgan fingerprint density at radius 3 is 2.75 bits per heavy atom.